The number of carbonyl (C=O) groups excluding carboxylic acids is 1. The Labute approximate surface area is 440 Å². The van der Waals surface area contributed by atoms with Gasteiger partial charge in [0.15, 0.2) is 12.6 Å². The number of hydrogen-bond acceptors (Lipinski definition) is 13. The maximum Gasteiger partial charge on any atom is 0.220 e. The number of amides is 1. The molecule has 2 fully saturated rings. The number of aliphatic hydroxyl groups is 8. The molecule has 0 aliphatic carbocycles. The summed E-state index contributed by atoms with van der Waals surface area (Å²) in [5.41, 5.74) is 0. The molecule has 14 nitrogen and oxygen atoms in total. The zero-order valence-electron chi connectivity index (χ0n) is 45.1. The molecule has 2 rings (SSSR count). The molecule has 0 bridgehead atoms. The zero-order chi connectivity index (χ0) is 53.2. The van der Waals surface area contributed by atoms with E-state index in [2.05, 4.69) is 79.9 Å². The van der Waals surface area contributed by atoms with Gasteiger partial charge in [0.05, 0.1) is 32.0 Å². The molecule has 0 spiro atoms. The van der Waals surface area contributed by atoms with Gasteiger partial charge in [-0.15, -0.1) is 0 Å². The topological polar surface area (TPSA) is 228 Å². The minimum absolute atomic E-state index is 0.246. The van der Waals surface area contributed by atoms with E-state index in [1.165, 1.54) is 96.3 Å². The molecule has 0 saturated carbocycles. The Kier molecular flexibility index (Phi) is 40.6. The predicted molar refractivity (Wildman–Crippen MR) is 290 cm³/mol. The highest BCUT2D eigenvalue weighted by molar-refractivity contribution is 5.76. The van der Waals surface area contributed by atoms with E-state index in [0.29, 0.717) is 6.42 Å². The SMILES string of the molecule is CC/C=C\C/C=C\C/C=C\C/C=C\C/C=C\CCCCCCCCCCCCCCCCCC(=O)NC(COC1OC(CO)C(OC2OC(CO)C(O)C(O)C2O)C(O)C1O)C(O)/C=C/CCCCCCCC. The summed E-state index contributed by atoms with van der Waals surface area (Å²) in [6, 6.07) is -0.914. The largest absolute Gasteiger partial charge is 0.394 e. The van der Waals surface area contributed by atoms with Gasteiger partial charge in [-0.25, -0.2) is 0 Å². The first-order chi connectivity index (χ1) is 35.6. The number of rotatable bonds is 44. The summed E-state index contributed by atoms with van der Waals surface area (Å²) in [5, 5.41) is 86.6. The minimum atomic E-state index is -1.79. The van der Waals surface area contributed by atoms with Crippen LogP contribution in [0.5, 0.6) is 0 Å². The van der Waals surface area contributed by atoms with Crippen LogP contribution in [0.15, 0.2) is 72.9 Å². The lowest BCUT2D eigenvalue weighted by Gasteiger charge is -2.46. The van der Waals surface area contributed by atoms with Gasteiger partial charge >= 0.3 is 0 Å². The number of carbonyl (C=O) groups is 1. The Morgan fingerprint density at radius 3 is 1.45 bits per heavy atom. The average Bonchev–Trinajstić information content (AvgIpc) is 3.39. The van der Waals surface area contributed by atoms with Crippen LogP contribution in [0.3, 0.4) is 0 Å². The van der Waals surface area contributed by atoms with Gasteiger partial charge in [0.1, 0.15) is 48.8 Å². The van der Waals surface area contributed by atoms with E-state index < -0.39 is 86.8 Å². The highest BCUT2D eigenvalue weighted by Crippen LogP contribution is 2.30. The maximum absolute atomic E-state index is 13.2. The molecule has 1 amide bonds. The number of allylic oxidation sites excluding steroid dienone is 11. The molecule has 0 aromatic rings. The molecule has 9 N–H and O–H groups in total. The van der Waals surface area contributed by atoms with Crippen molar-refractivity contribution < 1.29 is 64.6 Å². The Morgan fingerprint density at radius 1 is 0.507 bits per heavy atom. The lowest BCUT2D eigenvalue weighted by Crippen LogP contribution is -2.65. The first-order valence-corrected chi connectivity index (χ1v) is 28.7. The van der Waals surface area contributed by atoms with Crippen molar-refractivity contribution in [2.75, 3.05) is 19.8 Å². The van der Waals surface area contributed by atoms with E-state index in [4.69, 9.17) is 18.9 Å². The van der Waals surface area contributed by atoms with Crippen LogP contribution in [0, 0.1) is 0 Å². The van der Waals surface area contributed by atoms with Crippen molar-refractivity contribution in [1.82, 2.24) is 5.32 Å². The van der Waals surface area contributed by atoms with Gasteiger partial charge in [-0.3, -0.25) is 4.79 Å². The van der Waals surface area contributed by atoms with Crippen molar-refractivity contribution in [3.8, 4) is 0 Å². The molecule has 73 heavy (non-hydrogen) atoms. The van der Waals surface area contributed by atoms with Crippen LogP contribution in [-0.4, -0.2) is 140 Å². The maximum atomic E-state index is 13.2. The second-order valence-electron chi connectivity index (χ2n) is 20.0. The van der Waals surface area contributed by atoms with Gasteiger partial charge in [-0.1, -0.05) is 202 Å². The van der Waals surface area contributed by atoms with E-state index in [1.807, 2.05) is 6.08 Å². The average molecular weight is 1030 g/mol. The summed E-state index contributed by atoms with van der Waals surface area (Å²) < 4.78 is 22.7. The fourth-order valence-corrected chi connectivity index (χ4v) is 9.02. The van der Waals surface area contributed by atoms with Crippen molar-refractivity contribution in [2.24, 2.45) is 0 Å². The number of unbranched alkanes of at least 4 members (excludes halogenated alkanes) is 21. The van der Waals surface area contributed by atoms with Crippen LogP contribution >= 0.6 is 0 Å². The zero-order valence-corrected chi connectivity index (χ0v) is 45.1. The van der Waals surface area contributed by atoms with Crippen LogP contribution in [0.2, 0.25) is 0 Å². The van der Waals surface area contributed by atoms with Crippen LogP contribution in [0.25, 0.3) is 0 Å². The number of ether oxygens (including phenoxy) is 4. The molecule has 2 heterocycles. The molecule has 12 unspecified atom stereocenters. The van der Waals surface area contributed by atoms with E-state index in [-0.39, 0.29) is 18.9 Å². The van der Waals surface area contributed by atoms with Crippen LogP contribution in [0.1, 0.15) is 200 Å². The Balaban J connectivity index is 1.62. The predicted octanol–water partition coefficient (Wildman–Crippen LogP) is 9.16. The summed E-state index contributed by atoms with van der Waals surface area (Å²) in [5.74, 6) is -0.246. The number of hydrogen-bond donors (Lipinski definition) is 9. The van der Waals surface area contributed by atoms with Gasteiger partial charge in [-0.2, -0.15) is 0 Å². The van der Waals surface area contributed by atoms with E-state index >= 15 is 0 Å². The molecule has 422 valence electrons. The molecule has 2 saturated heterocycles. The lowest BCUT2D eigenvalue weighted by atomic mass is 9.97. The smallest absolute Gasteiger partial charge is 0.220 e. The molecule has 2 aliphatic heterocycles. The normalized spacial score (nSPS) is 25.9. The van der Waals surface area contributed by atoms with E-state index in [1.54, 1.807) is 6.08 Å². The fourth-order valence-electron chi connectivity index (χ4n) is 9.02. The van der Waals surface area contributed by atoms with E-state index in [0.717, 1.165) is 77.0 Å². The Hall–Kier alpha value is -2.57. The fraction of sp³-hybridized carbons (Fsp3) is 0.780. The summed E-state index contributed by atoms with van der Waals surface area (Å²) in [4.78, 5) is 13.2. The van der Waals surface area contributed by atoms with Gasteiger partial charge in [0.2, 0.25) is 5.91 Å². The Bertz CT molecular complexity index is 1500. The number of nitrogens with one attached hydrogen (secondary N) is 1. The third kappa shape index (κ3) is 30.7. The highest BCUT2D eigenvalue weighted by atomic mass is 16.7. The van der Waals surface area contributed by atoms with Crippen molar-refractivity contribution in [2.45, 2.75) is 274 Å². The van der Waals surface area contributed by atoms with Crippen molar-refractivity contribution in [1.29, 1.82) is 0 Å². The monoisotopic (exact) mass is 1030 g/mol. The lowest BCUT2D eigenvalue weighted by molar-refractivity contribution is -0.359. The van der Waals surface area contributed by atoms with Crippen LogP contribution < -0.4 is 5.32 Å². The summed E-state index contributed by atoms with van der Waals surface area (Å²) in [6.45, 7) is 2.62. The van der Waals surface area contributed by atoms with Crippen LogP contribution in [0.4, 0.5) is 0 Å². The molecule has 0 aromatic carbocycles. The highest BCUT2D eigenvalue weighted by Gasteiger charge is 2.51. The quantitative estimate of drug-likeness (QED) is 0.0205. The van der Waals surface area contributed by atoms with Crippen molar-refractivity contribution in [3.05, 3.63) is 72.9 Å². The summed E-state index contributed by atoms with van der Waals surface area (Å²) in [7, 11) is 0. The molecular formula is C59H103NO13. The van der Waals surface area contributed by atoms with Gasteiger partial charge in [0, 0.05) is 6.42 Å². The standard InChI is InChI=1S/C59H103NO13/c1-3-5-7-9-11-13-14-15-16-17-18-19-20-21-22-23-24-25-26-27-28-29-30-31-32-33-34-35-37-39-41-43-51(64)60-47(48(63)42-40-38-36-12-10-8-6-4-2)46-70-58-56(69)54(67)57(50(45-62)72-58)73-59-55(68)53(66)52(65)49(44-61)71-59/h5,7,11,13,15-16,18-19,21-22,40,42,47-50,52-59,61-63,65-69H,3-4,6,8-10,12,14,17,20,23-39,41,43-46H2,1-2H3,(H,60,64)/b7-5-,13-11-,16-15-,19-18-,22-21-,42-40+. The Morgan fingerprint density at radius 2 is 0.945 bits per heavy atom. The molecular weight excluding hydrogens is 931 g/mol. The molecule has 12 atom stereocenters. The van der Waals surface area contributed by atoms with Gasteiger partial charge in [-0.05, 0) is 64.2 Å². The minimum Gasteiger partial charge on any atom is -0.394 e. The number of aliphatic hydroxyl groups excluding tert-OH is 8. The third-order valence-electron chi connectivity index (χ3n) is 13.6. The second kappa shape index (κ2) is 44.5. The van der Waals surface area contributed by atoms with Crippen molar-refractivity contribution >= 4 is 5.91 Å². The summed E-state index contributed by atoms with van der Waals surface area (Å²) >= 11 is 0. The van der Waals surface area contributed by atoms with Gasteiger partial charge < -0.3 is 65.1 Å². The van der Waals surface area contributed by atoms with E-state index in [9.17, 15) is 45.6 Å². The van der Waals surface area contributed by atoms with Gasteiger partial charge in [0.25, 0.3) is 0 Å². The summed E-state index contributed by atoms with van der Waals surface area (Å²) in [6.07, 6.45) is 41.2. The first-order valence-electron chi connectivity index (χ1n) is 28.7. The van der Waals surface area contributed by atoms with Crippen LogP contribution in [-0.2, 0) is 23.7 Å². The van der Waals surface area contributed by atoms with Crippen molar-refractivity contribution in [3.63, 3.8) is 0 Å². The first kappa shape index (κ1) is 66.5. The molecule has 14 heteroatoms. The second-order valence-corrected chi connectivity index (χ2v) is 20.0. The third-order valence-corrected chi connectivity index (χ3v) is 13.6. The molecule has 0 aromatic heterocycles. The molecule has 2 aliphatic rings. The molecule has 0 radical (unpaired) electrons.